The second-order valence-corrected chi connectivity index (χ2v) is 9.28. The highest BCUT2D eigenvalue weighted by Gasteiger charge is 2.28. The first-order chi connectivity index (χ1) is 13.3. The number of anilines is 1. The monoisotopic (exact) mass is 408 g/mol. The fourth-order valence-electron chi connectivity index (χ4n) is 3.29. The summed E-state index contributed by atoms with van der Waals surface area (Å²) in [6.45, 7) is 12.0. The van der Waals surface area contributed by atoms with Crippen molar-refractivity contribution in [2.24, 2.45) is 5.41 Å². The van der Waals surface area contributed by atoms with Crippen LogP contribution in [-0.2, 0) is 16.0 Å². The Hall–Kier alpha value is -2.28. The number of aliphatic carboxylic acids is 1. The number of hydrogen-bond donors (Lipinski definition) is 4. The summed E-state index contributed by atoms with van der Waals surface area (Å²) < 4.78 is 5.28. The van der Waals surface area contributed by atoms with E-state index in [1.807, 2.05) is 19.1 Å². The SMILES string of the molecule is Cc1ccc(NCCO)cc1CC(C)(C)C[C@@H](CC(=O)O)NC(=O)OC(C)(C)C. The third-order valence-electron chi connectivity index (χ3n) is 4.40. The van der Waals surface area contributed by atoms with Crippen molar-refractivity contribution in [3.63, 3.8) is 0 Å². The lowest BCUT2D eigenvalue weighted by Crippen LogP contribution is -2.42. The summed E-state index contributed by atoms with van der Waals surface area (Å²) in [5.74, 6) is -0.965. The molecule has 7 heteroatoms. The summed E-state index contributed by atoms with van der Waals surface area (Å²) in [6, 6.07) is 5.52. The Labute approximate surface area is 173 Å². The molecule has 1 amide bonds. The number of carboxylic acid groups (broad SMARTS) is 1. The number of carboxylic acids is 1. The Kier molecular flexibility index (Phi) is 8.95. The summed E-state index contributed by atoms with van der Waals surface area (Å²) in [4.78, 5) is 23.4. The van der Waals surface area contributed by atoms with Crippen LogP contribution < -0.4 is 10.6 Å². The topological polar surface area (TPSA) is 108 Å². The first-order valence-corrected chi connectivity index (χ1v) is 9.97. The van der Waals surface area contributed by atoms with Crippen LogP contribution in [0.3, 0.4) is 0 Å². The molecule has 0 bridgehead atoms. The first-order valence-electron chi connectivity index (χ1n) is 9.97. The smallest absolute Gasteiger partial charge is 0.407 e. The van der Waals surface area contributed by atoms with Crippen molar-refractivity contribution in [2.75, 3.05) is 18.5 Å². The summed E-state index contributed by atoms with van der Waals surface area (Å²) in [7, 11) is 0. The zero-order valence-electron chi connectivity index (χ0n) is 18.5. The number of benzene rings is 1. The van der Waals surface area contributed by atoms with Crippen molar-refractivity contribution >= 4 is 17.7 Å². The molecule has 0 heterocycles. The van der Waals surface area contributed by atoms with Gasteiger partial charge in [0.05, 0.1) is 13.0 Å². The van der Waals surface area contributed by atoms with Crippen LogP contribution in [0.5, 0.6) is 0 Å². The number of alkyl carbamates (subject to hydrolysis) is 1. The van der Waals surface area contributed by atoms with E-state index in [0.29, 0.717) is 13.0 Å². The minimum atomic E-state index is -0.965. The molecular formula is C22H36N2O5. The van der Waals surface area contributed by atoms with Crippen molar-refractivity contribution in [1.82, 2.24) is 5.32 Å². The van der Waals surface area contributed by atoms with Crippen LogP contribution >= 0.6 is 0 Å². The average molecular weight is 409 g/mol. The van der Waals surface area contributed by atoms with E-state index in [9.17, 15) is 14.7 Å². The van der Waals surface area contributed by atoms with Gasteiger partial charge in [-0.25, -0.2) is 4.79 Å². The van der Waals surface area contributed by atoms with Gasteiger partial charge in [-0.3, -0.25) is 4.79 Å². The largest absolute Gasteiger partial charge is 0.481 e. The lowest BCUT2D eigenvalue weighted by Gasteiger charge is -2.31. The van der Waals surface area contributed by atoms with Crippen LogP contribution in [0.4, 0.5) is 10.5 Å². The number of amides is 1. The molecule has 0 aromatic heterocycles. The van der Waals surface area contributed by atoms with Crippen molar-refractivity contribution in [1.29, 1.82) is 0 Å². The molecule has 1 atom stereocenters. The number of carbonyl (C=O) groups is 2. The summed E-state index contributed by atoms with van der Waals surface area (Å²) in [6.07, 6.45) is 0.442. The summed E-state index contributed by atoms with van der Waals surface area (Å²) in [5.41, 5.74) is 2.32. The standard InChI is InChI=1S/C22H36N2O5/c1-15-7-8-17(23-9-10-25)11-16(15)13-22(5,6)14-18(12-19(26)27)24-20(28)29-21(2,3)4/h7-8,11,18,23,25H,9-10,12-14H2,1-6H3,(H,24,28)(H,26,27)/t18-/m1/s1. The van der Waals surface area contributed by atoms with Crippen LogP contribution in [0.25, 0.3) is 0 Å². The third-order valence-corrected chi connectivity index (χ3v) is 4.40. The molecule has 164 valence electrons. The Bertz CT molecular complexity index is 695. The van der Waals surface area contributed by atoms with Crippen LogP contribution in [0.1, 0.15) is 58.6 Å². The highest BCUT2D eigenvalue weighted by atomic mass is 16.6. The third kappa shape index (κ3) is 10.2. The fourth-order valence-corrected chi connectivity index (χ4v) is 3.29. The van der Waals surface area contributed by atoms with E-state index < -0.39 is 23.7 Å². The predicted octanol–water partition coefficient (Wildman–Crippen LogP) is 3.73. The van der Waals surface area contributed by atoms with E-state index in [2.05, 4.69) is 30.5 Å². The number of aryl methyl sites for hydroxylation is 1. The Morgan fingerprint density at radius 3 is 2.38 bits per heavy atom. The highest BCUT2D eigenvalue weighted by Crippen LogP contribution is 2.31. The van der Waals surface area contributed by atoms with Crippen molar-refractivity contribution in [2.45, 2.75) is 72.4 Å². The highest BCUT2D eigenvalue weighted by molar-refractivity contribution is 5.71. The van der Waals surface area contributed by atoms with Gasteiger partial charge in [0, 0.05) is 18.3 Å². The molecule has 29 heavy (non-hydrogen) atoms. The van der Waals surface area contributed by atoms with Gasteiger partial charge in [-0.05, 0) is 69.2 Å². The Balaban J connectivity index is 2.89. The van der Waals surface area contributed by atoms with Gasteiger partial charge in [-0.2, -0.15) is 0 Å². The molecule has 0 aliphatic rings. The molecule has 1 aromatic carbocycles. The molecule has 0 saturated carbocycles. The van der Waals surface area contributed by atoms with Gasteiger partial charge in [0.1, 0.15) is 5.60 Å². The maximum Gasteiger partial charge on any atom is 0.407 e. The maximum absolute atomic E-state index is 12.1. The minimum absolute atomic E-state index is 0.0574. The summed E-state index contributed by atoms with van der Waals surface area (Å²) in [5, 5.41) is 24.1. The van der Waals surface area contributed by atoms with Gasteiger partial charge < -0.3 is 25.6 Å². The number of aliphatic hydroxyl groups excluding tert-OH is 1. The fraction of sp³-hybridized carbons (Fsp3) is 0.636. The maximum atomic E-state index is 12.1. The van der Waals surface area contributed by atoms with Gasteiger partial charge in [-0.15, -0.1) is 0 Å². The molecule has 0 radical (unpaired) electrons. The van der Waals surface area contributed by atoms with Crippen molar-refractivity contribution in [3.05, 3.63) is 29.3 Å². The molecule has 0 aliphatic carbocycles. The first kappa shape index (κ1) is 24.8. The van der Waals surface area contributed by atoms with Crippen LogP contribution in [0.2, 0.25) is 0 Å². The molecular weight excluding hydrogens is 372 g/mol. The molecule has 0 aliphatic heterocycles. The number of rotatable bonds is 10. The van der Waals surface area contributed by atoms with E-state index >= 15 is 0 Å². The quantitative estimate of drug-likeness (QED) is 0.470. The molecule has 4 N–H and O–H groups in total. The molecule has 1 rings (SSSR count). The molecule has 0 fully saturated rings. The number of ether oxygens (including phenoxy) is 1. The van der Waals surface area contributed by atoms with E-state index in [1.165, 1.54) is 0 Å². The second kappa shape index (κ2) is 10.5. The molecule has 0 unspecified atom stereocenters. The molecule has 1 aromatic rings. The number of aliphatic hydroxyl groups is 1. The number of nitrogens with one attached hydrogen (secondary N) is 2. The normalized spacial score (nSPS) is 12.9. The van der Waals surface area contributed by atoms with Gasteiger partial charge in [0.2, 0.25) is 0 Å². The lowest BCUT2D eigenvalue weighted by atomic mass is 9.78. The van der Waals surface area contributed by atoms with Gasteiger partial charge in [-0.1, -0.05) is 19.9 Å². The van der Waals surface area contributed by atoms with Crippen molar-refractivity contribution < 1.29 is 24.5 Å². The Morgan fingerprint density at radius 1 is 1.17 bits per heavy atom. The van der Waals surface area contributed by atoms with E-state index in [-0.39, 0.29) is 18.4 Å². The number of carbonyl (C=O) groups excluding carboxylic acids is 1. The Morgan fingerprint density at radius 2 is 1.83 bits per heavy atom. The number of hydrogen-bond acceptors (Lipinski definition) is 5. The molecule has 0 spiro atoms. The lowest BCUT2D eigenvalue weighted by molar-refractivity contribution is -0.137. The van der Waals surface area contributed by atoms with Crippen LogP contribution in [0.15, 0.2) is 18.2 Å². The van der Waals surface area contributed by atoms with Gasteiger partial charge in [0.25, 0.3) is 0 Å². The van der Waals surface area contributed by atoms with E-state index in [0.717, 1.165) is 23.2 Å². The average Bonchev–Trinajstić information content (AvgIpc) is 2.52. The zero-order chi connectivity index (χ0) is 22.2. The second-order valence-electron chi connectivity index (χ2n) is 9.28. The van der Waals surface area contributed by atoms with Crippen molar-refractivity contribution in [3.8, 4) is 0 Å². The van der Waals surface area contributed by atoms with Crippen LogP contribution in [-0.4, -0.2) is 47.1 Å². The molecule has 0 saturated heterocycles. The zero-order valence-corrected chi connectivity index (χ0v) is 18.5. The van der Waals surface area contributed by atoms with Crippen LogP contribution in [0, 0.1) is 12.3 Å². The van der Waals surface area contributed by atoms with Gasteiger partial charge in [0.15, 0.2) is 0 Å². The molecule has 7 nitrogen and oxygen atoms in total. The summed E-state index contributed by atoms with van der Waals surface area (Å²) >= 11 is 0. The predicted molar refractivity (Wildman–Crippen MR) is 114 cm³/mol. The van der Waals surface area contributed by atoms with Gasteiger partial charge >= 0.3 is 12.1 Å². The minimum Gasteiger partial charge on any atom is -0.481 e. The van der Waals surface area contributed by atoms with E-state index in [4.69, 9.17) is 9.84 Å². The van der Waals surface area contributed by atoms with E-state index in [1.54, 1.807) is 20.8 Å².